The van der Waals surface area contributed by atoms with Gasteiger partial charge in [0, 0.05) is 18.2 Å². The molecule has 3 nitrogen and oxygen atoms in total. The van der Waals surface area contributed by atoms with E-state index in [0.29, 0.717) is 12.6 Å². The molecule has 1 aliphatic carbocycles. The second-order valence-electron chi connectivity index (χ2n) is 4.93. The molecule has 0 spiro atoms. The fraction of sp³-hybridized carbons (Fsp3) is 0.533. The second kappa shape index (κ2) is 6.01. The minimum absolute atomic E-state index is 0.184. The largest absolute Gasteiger partial charge is 0.336 e. The molecule has 0 atom stereocenters. The third-order valence-electron chi connectivity index (χ3n) is 3.37. The zero-order chi connectivity index (χ0) is 13.0. The van der Waals surface area contributed by atoms with Crippen LogP contribution in [-0.4, -0.2) is 29.9 Å². The van der Waals surface area contributed by atoms with Crippen LogP contribution < -0.4 is 5.73 Å². The Morgan fingerprint density at radius 3 is 2.72 bits per heavy atom. The molecule has 3 heteroatoms. The van der Waals surface area contributed by atoms with Gasteiger partial charge < -0.3 is 10.6 Å². The zero-order valence-electron chi connectivity index (χ0n) is 11.1. The van der Waals surface area contributed by atoms with Crippen LogP contribution in [0.1, 0.15) is 42.1 Å². The summed E-state index contributed by atoms with van der Waals surface area (Å²) >= 11 is 0. The van der Waals surface area contributed by atoms with E-state index >= 15 is 0 Å². The van der Waals surface area contributed by atoms with Crippen LogP contribution in [-0.2, 0) is 6.42 Å². The lowest BCUT2D eigenvalue weighted by Gasteiger charge is -2.23. The Morgan fingerprint density at radius 2 is 2.11 bits per heavy atom. The minimum atomic E-state index is 0.184. The summed E-state index contributed by atoms with van der Waals surface area (Å²) in [4.78, 5) is 14.6. The minimum Gasteiger partial charge on any atom is -0.336 e. The fourth-order valence-corrected chi connectivity index (χ4v) is 2.33. The number of hydrogen-bond acceptors (Lipinski definition) is 2. The van der Waals surface area contributed by atoms with E-state index in [1.807, 2.05) is 29.2 Å². The van der Waals surface area contributed by atoms with Crippen molar-refractivity contribution in [1.82, 2.24) is 4.90 Å². The maximum atomic E-state index is 12.6. The fourth-order valence-electron chi connectivity index (χ4n) is 2.33. The Morgan fingerprint density at radius 1 is 1.39 bits per heavy atom. The van der Waals surface area contributed by atoms with Crippen LogP contribution in [0.4, 0.5) is 0 Å². The van der Waals surface area contributed by atoms with Gasteiger partial charge >= 0.3 is 0 Å². The number of hydrogen-bond donors (Lipinski definition) is 1. The summed E-state index contributed by atoms with van der Waals surface area (Å²) in [5.74, 6) is 0.184. The molecule has 1 fully saturated rings. The molecule has 0 aromatic heterocycles. The van der Waals surface area contributed by atoms with Gasteiger partial charge in [-0.15, -0.1) is 0 Å². The summed E-state index contributed by atoms with van der Waals surface area (Å²) in [6.07, 6.45) is 4.10. The van der Waals surface area contributed by atoms with E-state index in [1.54, 1.807) is 0 Å². The van der Waals surface area contributed by atoms with E-state index in [1.165, 1.54) is 0 Å². The number of nitrogens with two attached hydrogens (primary N) is 1. The van der Waals surface area contributed by atoms with Gasteiger partial charge in [0.15, 0.2) is 0 Å². The normalized spacial score (nSPS) is 14.6. The molecule has 98 valence electrons. The molecule has 0 unspecified atom stereocenters. The molecule has 0 heterocycles. The Hall–Kier alpha value is -1.35. The van der Waals surface area contributed by atoms with Crippen LogP contribution in [0.15, 0.2) is 24.3 Å². The predicted molar refractivity (Wildman–Crippen MR) is 73.5 cm³/mol. The Kier molecular flexibility index (Phi) is 4.37. The number of carbonyl (C=O) groups excluding carboxylic acids is 1. The first-order chi connectivity index (χ1) is 8.77. The van der Waals surface area contributed by atoms with Gasteiger partial charge in [-0.25, -0.2) is 0 Å². The highest BCUT2D eigenvalue weighted by molar-refractivity contribution is 5.96. The lowest BCUT2D eigenvalue weighted by atomic mass is 10.0. The summed E-state index contributed by atoms with van der Waals surface area (Å²) in [7, 11) is 0. The van der Waals surface area contributed by atoms with Gasteiger partial charge in [-0.3, -0.25) is 4.79 Å². The molecule has 0 aliphatic heterocycles. The van der Waals surface area contributed by atoms with Crippen molar-refractivity contribution in [3.8, 4) is 0 Å². The van der Waals surface area contributed by atoms with E-state index in [9.17, 15) is 4.79 Å². The molecule has 1 amide bonds. The molecule has 1 aromatic rings. The van der Waals surface area contributed by atoms with E-state index in [-0.39, 0.29) is 5.91 Å². The van der Waals surface area contributed by atoms with Crippen LogP contribution in [0.5, 0.6) is 0 Å². The second-order valence-corrected chi connectivity index (χ2v) is 4.93. The average molecular weight is 246 g/mol. The monoisotopic (exact) mass is 246 g/mol. The zero-order valence-corrected chi connectivity index (χ0v) is 11.1. The number of rotatable bonds is 6. The van der Waals surface area contributed by atoms with Crippen LogP contribution in [0.25, 0.3) is 0 Å². The van der Waals surface area contributed by atoms with Crippen molar-refractivity contribution in [2.45, 2.75) is 38.6 Å². The third-order valence-corrected chi connectivity index (χ3v) is 3.37. The van der Waals surface area contributed by atoms with Crippen molar-refractivity contribution in [3.63, 3.8) is 0 Å². The van der Waals surface area contributed by atoms with Crippen molar-refractivity contribution in [1.29, 1.82) is 0 Å². The molecule has 1 aromatic carbocycles. The van der Waals surface area contributed by atoms with Crippen LogP contribution in [0, 0.1) is 0 Å². The Labute approximate surface area is 109 Å². The van der Waals surface area contributed by atoms with Crippen molar-refractivity contribution >= 4 is 5.91 Å². The van der Waals surface area contributed by atoms with Gasteiger partial charge in [0.25, 0.3) is 5.91 Å². The molecule has 18 heavy (non-hydrogen) atoms. The summed E-state index contributed by atoms with van der Waals surface area (Å²) in [6, 6.07) is 8.33. The van der Waals surface area contributed by atoms with Gasteiger partial charge in [0.2, 0.25) is 0 Å². The molecular weight excluding hydrogens is 224 g/mol. The molecule has 0 bridgehead atoms. The number of carbonyl (C=O) groups is 1. The quantitative estimate of drug-likeness (QED) is 0.836. The van der Waals surface area contributed by atoms with Crippen LogP contribution in [0.3, 0.4) is 0 Å². The highest BCUT2D eigenvalue weighted by atomic mass is 16.2. The van der Waals surface area contributed by atoms with E-state index in [4.69, 9.17) is 5.73 Å². The summed E-state index contributed by atoms with van der Waals surface area (Å²) in [6.45, 7) is 3.57. The highest BCUT2D eigenvalue weighted by Crippen LogP contribution is 2.29. The van der Waals surface area contributed by atoms with Gasteiger partial charge in [0.1, 0.15) is 0 Å². The molecular formula is C15H22N2O. The van der Waals surface area contributed by atoms with Gasteiger partial charge in [-0.1, -0.05) is 25.1 Å². The average Bonchev–Trinajstić information content (AvgIpc) is 3.20. The number of nitrogens with zero attached hydrogens (tertiary/aromatic N) is 1. The van der Waals surface area contributed by atoms with E-state index < -0.39 is 0 Å². The first-order valence-electron chi connectivity index (χ1n) is 6.86. The third kappa shape index (κ3) is 2.91. The van der Waals surface area contributed by atoms with Crippen molar-refractivity contribution in [2.24, 2.45) is 5.73 Å². The lowest BCUT2D eigenvalue weighted by molar-refractivity contribution is 0.0742. The topological polar surface area (TPSA) is 46.3 Å². The van der Waals surface area contributed by atoms with Crippen molar-refractivity contribution in [3.05, 3.63) is 35.4 Å². The molecule has 2 N–H and O–H groups in total. The summed E-state index contributed by atoms with van der Waals surface area (Å²) < 4.78 is 0. The lowest BCUT2D eigenvalue weighted by Crippen LogP contribution is -2.34. The Bertz CT molecular complexity index is 413. The van der Waals surface area contributed by atoms with Gasteiger partial charge in [-0.2, -0.15) is 0 Å². The highest BCUT2D eigenvalue weighted by Gasteiger charge is 2.32. The number of amides is 1. The van der Waals surface area contributed by atoms with Crippen molar-refractivity contribution < 1.29 is 4.79 Å². The van der Waals surface area contributed by atoms with Crippen molar-refractivity contribution in [2.75, 3.05) is 13.1 Å². The van der Waals surface area contributed by atoms with E-state index in [2.05, 4.69) is 6.92 Å². The molecule has 0 radical (unpaired) electrons. The summed E-state index contributed by atoms with van der Waals surface area (Å²) in [5.41, 5.74) is 7.52. The molecule has 1 aliphatic rings. The summed E-state index contributed by atoms with van der Waals surface area (Å²) in [5, 5.41) is 0. The van der Waals surface area contributed by atoms with E-state index in [0.717, 1.165) is 43.4 Å². The van der Waals surface area contributed by atoms with Gasteiger partial charge in [-0.05, 0) is 43.9 Å². The predicted octanol–water partition coefficient (Wildman–Crippen LogP) is 2.20. The number of benzene rings is 1. The first-order valence-corrected chi connectivity index (χ1v) is 6.86. The maximum Gasteiger partial charge on any atom is 0.254 e. The first kappa shape index (κ1) is 13.1. The standard InChI is InChI=1S/C15H22N2O/c1-2-11-17(13-7-8-13)15(18)14-6-4-3-5-12(14)9-10-16/h3-6,13H,2,7-11,16H2,1H3. The molecule has 0 saturated heterocycles. The SMILES string of the molecule is CCCN(C(=O)c1ccccc1CCN)C1CC1. The maximum absolute atomic E-state index is 12.6. The van der Waals surface area contributed by atoms with Crippen LogP contribution >= 0.6 is 0 Å². The molecule has 2 rings (SSSR count). The smallest absolute Gasteiger partial charge is 0.254 e. The van der Waals surface area contributed by atoms with Gasteiger partial charge in [0.05, 0.1) is 0 Å². The molecule has 1 saturated carbocycles. The Balaban J connectivity index is 2.20. The van der Waals surface area contributed by atoms with Crippen LogP contribution in [0.2, 0.25) is 0 Å².